The molecule has 0 unspecified atom stereocenters. The van der Waals surface area contributed by atoms with Gasteiger partial charge in [-0.05, 0) is 12.1 Å². The summed E-state index contributed by atoms with van der Waals surface area (Å²) in [4.78, 5) is 12.6. The van der Waals surface area contributed by atoms with Gasteiger partial charge in [0.1, 0.15) is 5.88 Å². The monoisotopic (exact) mass is 223 g/mol. The summed E-state index contributed by atoms with van der Waals surface area (Å²) < 4.78 is 0.666. The Morgan fingerprint density at radius 2 is 2.33 bits per heavy atom. The average molecular weight is 224 g/mol. The van der Waals surface area contributed by atoms with Crippen molar-refractivity contribution in [3.05, 3.63) is 16.5 Å². The highest BCUT2D eigenvalue weighted by Gasteiger charge is 2.10. The number of carbonyl (C=O) groups excluding carboxylic acids is 1. The minimum Gasteiger partial charge on any atom is -0.306 e. The molecule has 1 aromatic heterocycles. The molecule has 1 heterocycles. The summed E-state index contributed by atoms with van der Waals surface area (Å²) in [6.45, 7) is 0. The fraction of sp³-hybridized carbons (Fsp3) is 0.286. The van der Waals surface area contributed by atoms with E-state index in [4.69, 9.17) is 23.2 Å². The first-order valence-electron chi connectivity index (χ1n) is 3.23. The SMILES string of the molecule is CN(C(=O)CCl)c1ccc(Cl)s1. The summed E-state index contributed by atoms with van der Waals surface area (Å²) in [5.74, 6) is -0.137. The lowest BCUT2D eigenvalue weighted by Gasteiger charge is -2.12. The molecule has 0 saturated heterocycles. The molecule has 0 atom stereocenters. The molecule has 2 nitrogen and oxygen atoms in total. The third-order valence-corrected chi connectivity index (χ3v) is 2.91. The second kappa shape index (κ2) is 4.12. The highest BCUT2D eigenvalue weighted by atomic mass is 35.5. The lowest BCUT2D eigenvalue weighted by atomic mass is 10.5. The molecule has 0 fully saturated rings. The molecule has 0 saturated carbocycles. The van der Waals surface area contributed by atoms with Gasteiger partial charge in [-0.2, -0.15) is 0 Å². The molecule has 66 valence electrons. The molecule has 12 heavy (non-hydrogen) atoms. The molecule has 0 N–H and O–H groups in total. The third kappa shape index (κ3) is 2.12. The van der Waals surface area contributed by atoms with Gasteiger partial charge in [-0.3, -0.25) is 4.79 Å². The van der Waals surface area contributed by atoms with Gasteiger partial charge < -0.3 is 4.90 Å². The summed E-state index contributed by atoms with van der Waals surface area (Å²) >= 11 is 12.4. The number of anilines is 1. The zero-order valence-electron chi connectivity index (χ0n) is 6.38. The minimum absolute atomic E-state index is 0.00792. The van der Waals surface area contributed by atoms with Crippen molar-refractivity contribution in [1.82, 2.24) is 0 Å². The standard InChI is InChI=1S/C7H7Cl2NOS/c1-10(6(11)4-8)7-3-2-5(9)12-7/h2-3H,4H2,1H3. The fourth-order valence-corrected chi connectivity index (χ4v) is 1.89. The lowest BCUT2D eigenvalue weighted by molar-refractivity contribution is -0.115. The van der Waals surface area contributed by atoms with Crippen molar-refractivity contribution < 1.29 is 4.79 Å². The van der Waals surface area contributed by atoms with E-state index in [1.807, 2.05) is 0 Å². The smallest absolute Gasteiger partial charge is 0.242 e. The number of rotatable bonds is 2. The van der Waals surface area contributed by atoms with Crippen molar-refractivity contribution in [2.24, 2.45) is 0 Å². The van der Waals surface area contributed by atoms with E-state index in [1.165, 1.54) is 16.2 Å². The van der Waals surface area contributed by atoms with Crippen LogP contribution in [0, 0.1) is 0 Å². The number of thiophene rings is 1. The van der Waals surface area contributed by atoms with Crippen molar-refractivity contribution in [2.45, 2.75) is 0 Å². The van der Waals surface area contributed by atoms with Gasteiger partial charge in [0.25, 0.3) is 0 Å². The van der Waals surface area contributed by atoms with E-state index in [1.54, 1.807) is 19.2 Å². The molecule has 0 bridgehead atoms. The van der Waals surface area contributed by atoms with Crippen LogP contribution < -0.4 is 4.90 Å². The van der Waals surface area contributed by atoms with E-state index in [0.717, 1.165) is 5.00 Å². The van der Waals surface area contributed by atoms with Crippen LogP contribution in [0.1, 0.15) is 0 Å². The van der Waals surface area contributed by atoms with Crippen LogP contribution >= 0.6 is 34.5 Å². The molecule has 1 rings (SSSR count). The second-order valence-corrected chi connectivity index (χ2v) is 4.12. The van der Waals surface area contributed by atoms with E-state index in [-0.39, 0.29) is 11.8 Å². The van der Waals surface area contributed by atoms with Gasteiger partial charge in [-0.25, -0.2) is 0 Å². The molecular weight excluding hydrogens is 217 g/mol. The fourth-order valence-electron chi connectivity index (χ4n) is 0.698. The van der Waals surface area contributed by atoms with Gasteiger partial charge in [-0.1, -0.05) is 11.6 Å². The van der Waals surface area contributed by atoms with Crippen LogP contribution in [0.25, 0.3) is 0 Å². The zero-order valence-corrected chi connectivity index (χ0v) is 8.71. The predicted octanol–water partition coefficient (Wildman–Crippen LogP) is 2.60. The Morgan fingerprint density at radius 3 is 2.75 bits per heavy atom. The Labute approximate surface area is 84.7 Å². The van der Waals surface area contributed by atoms with Crippen molar-refractivity contribution >= 4 is 45.4 Å². The number of alkyl halides is 1. The Bertz CT molecular complexity index is 287. The maximum atomic E-state index is 11.1. The molecular formula is C7H7Cl2NOS. The summed E-state index contributed by atoms with van der Waals surface area (Å²) in [6, 6.07) is 3.54. The van der Waals surface area contributed by atoms with Gasteiger partial charge in [0, 0.05) is 7.05 Å². The molecule has 0 aliphatic heterocycles. The largest absolute Gasteiger partial charge is 0.306 e. The van der Waals surface area contributed by atoms with Crippen molar-refractivity contribution in [3.8, 4) is 0 Å². The quantitative estimate of drug-likeness (QED) is 0.707. The normalized spacial score (nSPS) is 9.92. The van der Waals surface area contributed by atoms with Crippen LogP contribution in [0.2, 0.25) is 4.34 Å². The van der Waals surface area contributed by atoms with E-state index in [9.17, 15) is 4.79 Å². The molecule has 0 aliphatic rings. The predicted molar refractivity (Wildman–Crippen MR) is 53.5 cm³/mol. The van der Waals surface area contributed by atoms with E-state index in [2.05, 4.69) is 0 Å². The van der Waals surface area contributed by atoms with Gasteiger partial charge in [0.05, 0.1) is 9.34 Å². The number of hydrogen-bond acceptors (Lipinski definition) is 2. The van der Waals surface area contributed by atoms with E-state index >= 15 is 0 Å². The molecule has 0 aliphatic carbocycles. The maximum absolute atomic E-state index is 11.1. The number of halogens is 2. The van der Waals surface area contributed by atoms with E-state index in [0.29, 0.717) is 4.34 Å². The number of hydrogen-bond donors (Lipinski definition) is 0. The summed E-state index contributed by atoms with van der Waals surface area (Å²) in [5, 5.41) is 0.811. The number of nitrogens with zero attached hydrogens (tertiary/aromatic N) is 1. The van der Waals surface area contributed by atoms with Crippen LogP contribution in [0.15, 0.2) is 12.1 Å². The highest BCUT2D eigenvalue weighted by Crippen LogP contribution is 2.28. The maximum Gasteiger partial charge on any atom is 0.242 e. The molecule has 1 amide bonds. The second-order valence-electron chi connectivity index (χ2n) is 2.16. The molecule has 0 aromatic carbocycles. The first-order chi connectivity index (χ1) is 5.65. The van der Waals surface area contributed by atoms with Gasteiger partial charge >= 0.3 is 0 Å². The summed E-state index contributed by atoms with van der Waals surface area (Å²) in [5.41, 5.74) is 0. The Balaban J connectivity index is 2.77. The summed E-state index contributed by atoms with van der Waals surface area (Å²) in [7, 11) is 1.67. The third-order valence-electron chi connectivity index (χ3n) is 1.38. The van der Waals surface area contributed by atoms with Crippen LogP contribution in [0.5, 0.6) is 0 Å². The molecule has 0 radical (unpaired) electrons. The summed E-state index contributed by atoms with van der Waals surface area (Å²) in [6.07, 6.45) is 0. The van der Waals surface area contributed by atoms with Gasteiger partial charge in [0.2, 0.25) is 5.91 Å². The number of carbonyl (C=O) groups is 1. The average Bonchev–Trinajstić information content (AvgIpc) is 2.49. The Kier molecular flexibility index (Phi) is 3.38. The van der Waals surface area contributed by atoms with Gasteiger partial charge in [-0.15, -0.1) is 22.9 Å². The highest BCUT2D eigenvalue weighted by molar-refractivity contribution is 7.20. The molecule has 1 aromatic rings. The van der Waals surface area contributed by atoms with E-state index < -0.39 is 0 Å². The number of amides is 1. The Hall–Kier alpha value is -0.250. The first-order valence-corrected chi connectivity index (χ1v) is 4.96. The van der Waals surface area contributed by atoms with Crippen molar-refractivity contribution in [1.29, 1.82) is 0 Å². The minimum atomic E-state index is -0.129. The topological polar surface area (TPSA) is 20.3 Å². The lowest BCUT2D eigenvalue weighted by Crippen LogP contribution is -2.26. The van der Waals surface area contributed by atoms with Crippen LogP contribution in [-0.2, 0) is 4.79 Å². The van der Waals surface area contributed by atoms with Crippen molar-refractivity contribution in [2.75, 3.05) is 17.8 Å². The van der Waals surface area contributed by atoms with Crippen LogP contribution in [0.4, 0.5) is 5.00 Å². The van der Waals surface area contributed by atoms with Gasteiger partial charge in [0.15, 0.2) is 0 Å². The molecule has 5 heteroatoms. The van der Waals surface area contributed by atoms with Crippen LogP contribution in [0.3, 0.4) is 0 Å². The first kappa shape index (κ1) is 9.84. The molecule has 0 spiro atoms. The Morgan fingerprint density at radius 1 is 1.67 bits per heavy atom. The van der Waals surface area contributed by atoms with Crippen molar-refractivity contribution in [3.63, 3.8) is 0 Å². The van der Waals surface area contributed by atoms with Crippen LogP contribution in [-0.4, -0.2) is 18.8 Å². The zero-order chi connectivity index (χ0) is 9.14.